The first kappa shape index (κ1) is 29.0. The van der Waals surface area contributed by atoms with E-state index >= 15 is 0 Å². The van der Waals surface area contributed by atoms with Crippen LogP contribution in [0.25, 0.3) is 94.3 Å². The first-order chi connectivity index (χ1) is 25.3. The van der Waals surface area contributed by atoms with Crippen LogP contribution in [0.2, 0.25) is 0 Å². The maximum Gasteiger partial charge on any atom is 0.0956 e. The molecule has 0 spiro atoms. The molecule has 0 radical (unpaired) electrons. The van der Waals surface area contributed by atoms with E-state index in [1.54, 1.807) is 0 Å². The number of fused-ring (bicyclic) bond motifs is 6. The third-order valence-corrected chi connectivity index (χ3v) is 9.68. The Bertz CT molecular complexity index is 2840. The van der Waals surface area contributed by atoms with Gasteiger partial charge in [-0.3, -0.25) is 9.97 Å². The van der Waals surface area contributed by atoms with Gasteiger partial charge in [-0.1, -0.05) is 109 Å². The minimum absolute atomic E-state index is 0.801. The summed E-state index contributed by atoms with van der Waals surface area (Å²) in [5, 5.41) is 5.83. The van der Waals surface area contributed by atoms with E-state index in [0.717, 1.165) is 83.6 Å². The van der Waals surface area contributed by atoms with Gasteiger partial charge < -0.3 is 4.57 Å². The lowest BCUT2D eigenvalue weighted by Gasteiger charge is -2.17. The Morgan fingerprint density at radius 1 is 0.412 bits per heavy atom. The van der Waals surface area contributed by atoms with Crippen LogP contribution in [0.1, 0.15) is 0 Å². The summed E-state index contributed by atoms with van der Waals surface area (Å²) in [5.74, 6) is 0. The number of hydrogen-bond acceptors (Lipinski definition) is 4. The average Bonchev–Trinajstić information content (AvgIpc) is 3.56. The second-order valence-corrected chi connectivity index (χ2v) is 12.7. The second-order valence-electron chi connectivity index (χ2n) is 12.7. The molecule has 0 saturated carbocycles. The highest BCUT2D eigenvalue weighted by Crippen LogP contribution is 2.43. The monoisotopic (exact) mass is 651 g/mol. The zero-order chi connectivity index (χ0) is 33.7. The van der Waals surface area contributed by atoms with Crippen LogP contribution < -0.4 is 0 Å². The average molecular weight is 652 g/mol. The van der Waals surface area contributed by atoms with Gasteiger partial charge >= 0.3 is 0 Å². The molecule has 0 aliphatic heterocycles. The third-order valence-electron chi connectivity index (χ3n) is 9.68. The first-order valence-corrected chi connectivity index (χ1v) is 17.1. The minimum Gasteiger partial charge on any atom is -0.306 e. The Morgan fingerprint density at radius 2 is 1.02 bits per heavy atom. The van der Waals surface area contributed by atoms with Gasteiger partial charge in [0.2, 0.25) is 0 Å². The van der Waals surface area contributed by atoms with E-state index in [9.17, 15) is 0 Å². The molecule has 10 rings (SSSR count). The van der Waals surface area contributed by atoms with Gasteiger partial charge in [0.05, 0.1) is 50.7 Å². The molecule has 0 amide bonds. The second kappa shape index (κ2) is 11.9. The summed E-state index contributed by atoms with van der Waals surface area (Å²) in [5.41, 5.74) is 11.7. The van der Waals surface area contributed by atoms with Crippen molar-refractivity contribution in [1.29, 1.82) is 0 Å². The summed E-state index contributed by atoms with van der Waals surface area (Å²) in [6.07, 6.45) is 3.61. The molecule has 0 saturated heterocycles. The number of aromatic nitrogens is 5. The fraction of sp³-hybridized carbons (Fsp3) is 0. The van der Waals surface area contributed by atoms with Crippen molar-refractivity contribution in [3.05, 3.63) is 176 Å². The van der Waals surface area contributed by atoms with E-state index in [0.29, 0.717) is 0 Å². The van der Waals surface area contributed by atoms with Crippen LogP contribution in [0, 0.1) is 0 Å². The number of nitrogens with zero attached hydrogens (tertiary/aromatic N) is 5. The maximum absolute atomic E-state index is 5.34. The number of pyridine rings is 4. The molecule has 0 N–H and O–H groups in total. The van der Waals surface area contributed by atoms with Crippen LogP contribution in [0.3, 0.4) is 0 Å². The summed E-state index contributed by atoms with van der Waals surface area (Å²) in [4.78, 5) is 19.7. The largest absolute Gasteiger partial charge is 0.306 e. The van der Waals surface area contributed by atoms with Gasteiger partial charge in [-0.15, -0.1) is 0 Å². The molecule has 5 heteroatoms. The Balaban J connectivity index is 1.28. The molecule has 238 valence electrons. The Labute approximate surface area is 294 Å². The highest BCUT2D eigenvalue weighted by molar-refractivity contribution is 6.24. The van der Waals surface area contributed by atoms with Gasteiger partial charge in [0.1, 0.15) is 0 Å². The SMILES string of the molecule is c1ccc(-c2nc3ccccc3c3c4ccccc4n(-c4ccc(-c5cc(-c6ccccn6)nc(-c6ccccn6)c5)c5ccccc45)c23)cc1. The molecule has 10 aromatic rings. The van der Waals surface area contributed by atoms with Gasteiger partial charge in [0.15, 0.2) is 0 Å². The standard InChI is InChI=1S/C46H29N5/c1-2-14-30(15-3-1)45-46-44(35-18-6-8-20-37(35)50-45)36-19-7-9-23-42(36)51(46)43-25-24-32(33-16-4-5-17-34(33)43)31-28-40(38-21-10-12-26-47-38)49-41(29-31)39-22-11-13-27-48-39/h1-29H. The zero-order valence-electron chi connectivity index (χ0n) is 27.5. The number of benzene rings is 5. The molecule has 5 aromatic carbocycles. The van der Waals surface area contributed by atoms with E-state index < -0.39 is 0 Å². The van der Waals surface area contributed by atoms with Crippen LogP contribution >= 0.6 is 0 Å². The topological polar surface area (TPSA) is 56.5 Å². The first-order valence-electron chi connectivity index (χ1n) is 17.1. The lowest BCUT2D eigenvalue weighted by molar-refractivity contribution is 1.19. The molecular formula is C46H29N5. The molecule has 0 unspecified atom stereocenters. The highest BCUT2D eigenvalue weighted by Gasteiger charge is 2.22. The Kier molecular flexibility index (Phi) is 6.74. The predicted molar refractivity (Wildman–Crippen MR) is 209 cm³/mol. The number of para-hydroxylation sites is 2. The molecule has 5 aromatic heterocycles. The molecular weight excluding hydrogens is 623 g/mol. The van der Waals surface area contributed by atoms with Gasteiger partial charge in [-0.25, -0.2) is 9.97 Å². The lowest BCUT2D eigenvalue weighted by atomic mass is 9.95. The molecule has 0 atom stereocenters. The van der Waals surface area contributed by atoms with Crippen molar-refractivity contribution >= 4 is 43.5 Å². The fourth-order valence-corrected chi connectivity index (χ4v) is 7.45. The Morgan fingerprint density at radius 3 is 1.73 bits per heavy atom. The van der Waals surface area contributed by atoms with E-state index in [1.165, 1.54) is 10.8 Å². The van der Waals surface area contributed by atoms with E-state index in [4.69, 9.17) is 9.97 Å². The van der Waals surface area contributed by atoms with Crippen LogP contribution in [0.4, 0.5) is 0 Å². The van der Waals surface area contributed by atoms with Crippen molar-refractivity contribution in [1.82, 2.24) is 24.5 Å². The molecule has 51 heavy (non-hydrogen) atoms. The highest BCUT2D eigenvalue weighted by atomic mass is 15.0. The maximum atomic E-state index is 5.34. The molecule has 0 aliphatic rings. The Hall–Kier alpha value is -6.98. The van der Waals surface area contributed by atoms with Crippen molar-refractivity contribution in [2.24, 2.45) is 0 Å². The summed E-state index contributed by atoms with van der Waals surface area (Å²) in [6.45, 7) is 0. The van der Waals surface area contributed by atoms with E-state index in [2.05, 4.69) is 142 Å². The van der Waals surface area contributed by atoms with Gasteiger partial charge in [0.25, 0.3) is 0 Å². The van der Waals surface area contributed by atoms with E-state index in [-0.39, 0.29) is 0 Å². The summed E-state index contributed by atoms with van der Waals surface area (Å²) >= 11 is 0. The van der Waals surface area contributed by atoms with Crippen LogP contribution in [-0.4, -0.2) is 24.5 Å². The molecule has 5 nitrogen and oxygen atoms in total. The van der Waals surface area contributed by atoms with Crippen LogP contribution in [-0.2, 0) is 0 Å². The van der Waals surface area contributed by atoms with E-state index in [1.807, 2.05) is 48.8 Å². The molecule has 0 fully saturated rings. The van der Waals surface area contributed by atoms with Gasteiger partial charge in [0, 0.05) is 39.5 Å². The molecule has 5 heterocycles. The normalized spacial score (nSPS) is 11.5. The summed E-state index contributed by atoms with van der Waals surface area (Å²) < 4.78 is 2.42. The smallest absolute Gasteiger partial charge is 0.0956 e. The van der Waals surface area contributed by atoms with Crippen LogP contribution in [0.5, 0.6) is 0 Å². The summed E-state index contributed by atoms with van der Waals surface area (Å²) in [6, 6.07) is 57.1. The third kappa shape index (κ3) is 4.78. The quantitative estimate of drug-likeness (QED) is 0.186. The van der Waals surface area contributed by atoms with Gasteiger partial charge in [-0.2, -0.15) is 0 Å². The minimum atomic E-state index is 0.801. The van der Waals surface area contributed by atoms with Crippen molar-refractivity contribution < 1.29 is 0 Å². The fourth-order valence-electron chi connectivity index (χ4n) is 7.45. The lowest BCUT2D eigenvalue weighted by Crippen LogP contribution is -1.99. The zero-order valence-corrected chi connectivity index (χ0v) is 27.5. The van der Waals surface area contributed by atoms with Crippen molar-refractivity contribution in [2.75, 3.05) is 0 Å². The number of rotatable bonds is 5. The number of hydrogen-bond donors (Lipinski definition) is 0. The van der Waals surface area contributed by atoms with Crippen LogP contribution in [0.15, 0.2) is 176 Å². The van der Waals surface area contributed by atoms with Crippen molar-refractivity contribution in [3.63, 3.8) is 0 Å². The summed E-state index contributed by atoms with van der Waals surface area (Å²) in [7, 11) is 0. The van der Waals surface area contributed by atoms with Crippen molar-refractivity contribution in [2.45, 2.75) is 0 Å². The predicted octanol–water partition coefficient (Wildman–Crippen LogP) is 11.3. The molecule has 0 bridgehead atoms. The van der Waals surface area contributed by atoms with Crippen molar-refractivity contribution in [3.8, 4) is 50.8 Å². The molecule has 0 aliphatic carbocycles. The van der Waals surface area contributed by atoms with Gasteiger partial charge in [-0.05, 0) is 71.1 Å².